The molecule has 0 spiro atoms. The molecule has 0 unspecified atom stereocenters. The van der Waals surface area contributed by atoms with E-state index in [2.05, 4.69) is 17.2 Å². The molecule has 112 valence electrons. The molecular weight excluding hydrogens is 276 g/mol. The Morgan fingerprint density at radius 3 is 2.23 bits per heavy atom. The van der Waals surface area contributed by atoms with Gasteiger partial charge in [-0.2, -0.15) is 0 Å². The molecule has 0 atom stereocenters. The summed E-state index contributed by atoms with van der Waals surface area (Å²) < 4.78 is 0. The summed E-state index contributed by atoms with van der Waals surface area (Å²) >= 11 is 0. The van der Waals surface area contributed by atoms with Crippen molar-refractivity contribution in [3.05, 3.63) is 78.4 Å². The number of hydrogen-bond donors (Lipinski definition) is 2. The van der Waals surface area contributed by atoms with Crippen LogP contribution in [0.1, 0.15) is 15.9 Å². The van der Waals surface area contributed by atoms with Gasteiger partial charge < -0.3 is 10.6 Å². The summed E-state index contributed by atoms with van der Waals surface area (Å²) in [5.74, 6) is -0.171. The molecule has 0 bridgehead atoms. The van der Waals surface area contributed by atoms with E-state index in [4.69, 9.17) is 0 Å². The van der Waals surface area contributed by atoms with Crippen molar-refractivity contribution in [3.63, 3.8) is 0 Å². The third-order valence-corrected chi connectivity index (χ3v) is 3.04. The zero-order chi connectivity index (χ0) is 15.8. The van der Waals surface area contributed by atoms with E-state index in [1.165, 1.54) is 0 Å². The molecule has 0 saturated carbocycles. The molecule has 2 N–H and O–H groups in total. The SMILES string of the molecule is C=CCNCC(=O)Nc1ccc(C(=O)c2ccccc2)cc1. The van der Waals surface area contributed by atoms with Crippen molar-refractivity contribution in [3.8, 4) is 0 Å². The maximum Gasteiger partial charge on any atom is 0.238 e. The highest BCUT2D eigenvalue weighted by Crippen LogP contribution is 2.13. The Bertz CT molecular complexity index is 649. The average Bonchev–Trinajstić information content (AvgIpc) is 2.56. The van der Waals surface area contributed by atoms with Crippen molar-refractivity contribution in [2.45, 2.75) is 0 Å². The van der Waals surface area contributed by atoms with Gasteiger partial charge in [-0.15, -0.1) is 6.58 Å². The maximum atomic E-state index is 12.2. The fourth-order valence-electron chi connectivity index (χ4n) is 1.95. The van der Waals surface area contributed by atoms with Crippen molar-refractivity contribution < 1.29 is 9.59 Å². The quantitative estimate of drug-likeness (QED) is 0.469. The van der Waals surface area contributed by atoms with E-state index >= 15 is 0 Å². The van der Waals surface area contributed by atoms with E-state index in [0.29, 0.717) is 23.4 Å². The van der Waals surface area contributed by atoms with Crippen molar-refractivity contribution >= 4 is 17.4 Å². The number of carbonyl (C=O) groups is 2. The zero-order valence-electron chi connectivity index (χ0n) is 12.2. The normalized spacial score (nSPS) is 10.0. The van der Waals surface area contributed by atoms with Crippen LogP contribution in [-0.2, 0) is 4.79 Å². The Labute approximate surface area is 129 Å². The van der Waals surface area contributed by atoms with E-state index in [9.17, 15) is 9.59 Å². The Balaban J connectivity index is 1.97. The fraction of sp³-hybridized carbons (Fsp3) is 0.111. The predicted molar refractivity (Wildman–Crippen MR) is 88.0 cm³/mol. The first kappa shape index (κ1) is 15.7. The predicted octanol–water partition coefficient (Wildman–Crippen LogP) is 2.63. The first-order chi connectivity index (χ1) is 10.7. The molecule has 0 aliphatic heterocycles. The highest BCUT2D eigenvalue weighted by molar-refractivity contribution is 6.09. The fourth-order valence-corrected chi connectivity index (χ4v) is 1.95. The summed E-state index contributed by atoms with van der Waals surface area (Å²) in [4.78, 5) is 23.9. The molecule has 4 heteroatoms. The van der Waals surface area contributed by atoms with Gasteiger partial charge in [0.1, 0.15) is 0 Å². The van der Waals surface area contributed by atoms with Crippen molar-refractivity contribution in [1.29, 1.82) is 0 Å². The monoisotopic (exact) mass is 294 g/mol. The minimum atomic E-state index is -0.135. The lowest BCUT2D eigenvalue weighted by Gasteiger charge is -2.07. The van der Waals surface area contributed by atoms with Crippen LogP contribution in [0, 0.1) is 0 Å². The van der Waals surface area contributed by atoms with Gasteiger partial charge in [0.05, 0.1) is 6.54 Å². The zero-order valence-corrected chi connectivity index (χ0v) is 12.2. The Morgan fingerprint density at radius 1 is 0.955 bits per heavy atom. The molecule has 2 rings (SSSR count). The van der Waals surface area contributed by atoms with E-state index in [0.717, 1.165) is 0 Å². The second-order valence-electron chi connectivity index (χ2n) is 4.74. The lowest BCUT2D eigenvalue weighted by molar-refractivity contribution is -0.115. The summed E-state index contributed by atoms with van der Waals surface area (Å²) in [6.45, 7) is 4.37. The number of benzene rings is 2. The minimum Gasteiger partial charge on any atom is -0.325 e. The van der Waals surface area contributed by atoms with Gasteiger partial charge in [0.15, 0.2) is 5.78 Å². The van der Waals surface area contributed by atoms with Crippen LogP contribution >= 0.6 is 0 Å². The molecule has 0 saturated heterocycles. The van der Waals surface area contributed by atoms with Crippen LogP contribution in [0.3, 0.4) is 0 Å². The summed E-state index contributed by atoms with van der Waals surface area (Å²) in [5.41, 5.74) is 1.90. The summed E-state index contributed by atoms with van der Waals surface area (Å²) in [6, 6.07) is 16.0. The van der Waals surface area contributed by atoms with Crippen LogP contribution in [0.4, 0.5) is 5.69 Å². The maximum absolute atomic E-state index is 12.2. The molecule has 2 aromatic carbocycles. The third-order valence-electron chi connectivity index (χ3n) is 3.04. The smallest absolute Gasteiger partial charge is 0.238 e. The summed E-state index contributed by atoms with van der Waals surface area (Å²) in [6.07, 6.45) is 1.69. The number of rotatable bonds is 7. The topological polar surface area (TPSA) is 58.2 Å². The highest BCUT2D eigenvalue weighted by atomic mass is 16.2. The van der Waals surface area contributed by atoms with Crippen molar-refractivity contribution in [1.82, 2.24) is 5.32 Å². The van der Waals surface area contributed by atoms with Crippen LogP contribution in [0.15, 0.2) is 67.3 Å². The van der Waals surface area contributed by atoms with E-state index in [-0.39, 0.29) is 18.2 Å². The molecule has 2 aromatic rings. The average molecular weight is 294 g/mol. The van der Waals surface area contributed by atoms with E-state index in [1.54, 1.807) is 42.5 Å². The van der Waals surface area contributed by atoms with Crippen LogP contribution < -0.4 is 10.6 Å². The molecule has 0 fully saturated rings. The van der Waals surface area contributed by atoms with Gasteiger partial charge in [0, 0.05) is 23.4 Å². The first-order valence-electron chi connectivity index (χ1n) is 7.02. The molecular formula is C18H18N2O2. The summed E-state index contributed by atoms with van der Waals surface area (Å²) in [5, 5.41) is 5.68. The second-order valence-corrected chi connectivity index (χ2v) is 4.74. The molecule has 0 heterocycles. The highest BCUT2D eigenvalue weighted by Gasteiger charge is 2.08. The Kier molecular flexibility index (Phi) is 5.63. The molecule has 0 aliphatic rings. The van der Waals surface area contributed by atoms with Crippen LogP contribution in [-0.4, -0.2) is 24.8 Å². The Hall–Kier alpha value is -2.72. The number of nitrogens with one attached hydrogen (secondary N) is 2. The number of carbonyl (C=O) groups excluding carboxylic acids is 2. The third kappa shape index (κ3) is 4.40. The van der Waals surface area contributed by atoms with Gasteiger partial charge in [0.2, 0.25) is 5.91 Å². The standard InChI is InChI=1S/C18H18N2O2/c1-2-12-19-13-17(21)20-16-10-8-15(9-11-16)18(22)14-6-4-3-5-7-14/h2-11,19H,1,12-13H2,(H,20,21). The van der Waals surface area contributed by atoms with E-state index < -0.39 is 0 Å². The molecule has 0 aromatic heterocycles. The number of anilines is 1. The first-order valence-corrected chi connectivity index (χ1v) is 7.02. The summed E-state index contributed by atoms with van der Waals surface area (Å²) in [7, 11) is 0. The van der Waals surface area contributed by atoms with Gasteiger partial charge in [-0.25, -0.2) is 0 Å². The Morgan fingerprint density at radius 2 is 1.59 bits per heavy atom. The number of ketones is 1. The largest absolute Gasteiger partial charge is 0.325 e. The van der Waals surface area contributed by atoms with Crippen molar-refractivity contribution in [2.75, 3.05) is 18.4 Å². The number of hydrogen-bond acceptors (Lipinski definition) is 3. The molecule has 0 aliphatic carbocycles. The lowest BCUT2D eigenvalue weighted by Crippen LogP contribution is -2.28. The molecule has 4 nitrogen and oxygen atoms in total. The van der Waals surface area contributed by atoms with Gasteiger partial charge in [0.25, 0.3) is 0 Å². The second kappa shape index (κ2) is 7.90. The molecule has 1 amide bonds. The van der Waals surface area contributed by atoms with Crippen molar-refractivity contribution in [2.24, 2.45) is 0 Å². The van der Waals surface area contributed by atoms with Gasteiger partial charge in [-0.05, 0) is 24.3 Å². The number of amides is 1. The van der Waals surface area contributed by atoms with Crippen LogP contribution in [0.25, 0.3) is 0 Å². The van der Waals surface area contributed by atoms with E-state index in [1.807, 2.05) is 18.2 Å². The van der Waals surface area contributed by atoms with Gasteiger partial charge in [-0.1, -0.05) is 36.4 Å². The van der Waals surface area contributed by atoms with Gasteiger partial charge in [-0.3, -0.25) is 9.59 Å². The molecule has 0 radical (unpaired) electrons. The minimum absolute atomic E-state index is 0.0360. The molecule has 22 heavy (non-hydrogen) atoms. The van der Waals surface area contributed by atoms with Crippen LogP contribution in [0.2, 0.25) is 0 Å². The van der Waals surface area contributed by atoms with Gasteiger partial charge >= 0.3 is 0 Å². The lowest BCUT2D eigenvalue weighted by atomic mass is 10.0. The van der Waals surface area contributed by atoms with Crippen LogP contribution in [0.5, 0.6) is 0 Å².